The van der Waals surface area contributed by atoms with Crippen molar-refractivity contribution in [2.75, 3.05) is 11.6 Å². The predicted octanol–water partition coefficient (Wildman–Crippen LogP) is 4.02. The first kappa shape index (κ1) is 17.3. The lowest BCUT2D eigenvalue weighted by molar-refractivity contribution is 0.801. The number of nitrogens with two attached hydrogens (primary N) is 2. The van der Waals surface area contributed by atoms with E-state index in [-0.39, 0.29) is 0 Å². The fourth-order valence-electron chi connectivity index (χ4n) is 3.63. The summed E-state index contributed by atoms with van der Waals surface area (Å²) in [6.45, 7) is 6.46. The Morgan fingerprint density at radius 3 is 2.63 bits per heavy atom. The summed E-state index contributed by atoms with van der Waals surface area (Å²) >= 11 is 0. The van der Waals surface area contributed by atoms with Crippen LogP contribution in [0.5, 0.6) is 0 Å². The number of nitrogens with zero attached hydrogens (tertiary/aromatic N) is 4. The average molecular weight is 360 g/mol. The van der Waals surface area contributed by atoms with Crippen LogP contribution < -0.4 is 11.6 Å². The van der Waals surface area contributed by atoms with E-state index in [0.29, 0.717) is 17.3 Å². The number of benzene rings is 1. The van der Waals surface area contributed by atoms with Crippen molar-refractivity contribution in [3.63, 3.8) is 0 Å². The molecule has 0 aliphatic carbocycles. The molecule has 4 N–H and O–H groups in total. The third-order valence-corrected chi connectivity index (χ3v) is 4.94. The summed E-state index contributed by atoms with van der Waals surface area (Å²) in [5.74, 6) is 7.98. The van der Waals surface area contributed by atoms with Gasteiger partial charge in [0.25, 0.3) is 0 Å². The highest BCUT2D eigenvalue weighted by Crippen LogP contribution is 2.36. The first-order valence-electron chi connectivity index (χ1n) is 9.31. The molecule has 3 heterocycles. The van der Waals surface area contributed by atoms with Gasteiger partial charge in [0.1, 0.15) is 16.9 Å². The van der Waals surface area contributed by atoms with Gasteiger partial charge in [0.05, 0.1) is 5.52 Å². The van der Waals surface area contributed by atoms with Crippen LogP contribution in [0.4, 0.5) is 5.82 Å². The summed E-state index contributed by atoms with van der Waals surface area (Å²) < 4.78 is 1.69. The van der Waals surface area contributed by atoms with Crippen molar-refractivity contribution < 1.29 is 0 Å². The molecule has 6 heteroatoms. The number of nitrogen functional groups attached to an aromatic ring is 2. The Hall–Kier alpha value is -3.15. The van der Waals surface area contributed by atoms with Crippen LogP contribution in [-0.2, 0) is 6.42 Å². The summed E-state index contributed by atoms with van der Waals surface area (Å²) in [5.41, 5.74) is 11.9. The second-order valence-corrected chi connectivity index (χ2v) is 7.20. The van der Waals surface area contributed by atoms with Crippen molar-refractivity contribution >= 4 is 27.8 Å². The van der Waals surface area contributed by atoms with Crippen molar-refractivity contribution in [1.82, 2.24) is 19.6 Å². The van der Waals surface area contributed by atoms with Crippen LogP contribution in [0.25, 0.3) is 33.1 Å². The Bertz CT molecular complexity index is 1130. The number of aryl methyl sites for hydroxylation is 1. The van der Waals surface area contributed by atoms with Crippen molar-refractivity contribution in [1.29, 1.82) is 0 Å². The third kappa shape index (κ3) is 2.77. The Balaban J connectivity index is 2.11. The molecule has 6 nitrogen and oxygen atoms in total. The number of fused-ring (bicyclic) bond motifs is 3. The number of hydrogen-bond donors (Lipinski definition) is 2. The van der Waals surface area contributed by atoms with Gasteiger partial charge in [0, 0.05) is 29.8 Å². The van der Waals surface area contributed by atoms with Gasteiger partial charge in [-0.3, -0.25) is 4.98 Å². The normalized spacial score (nSPS) is 11.7. The highest BCUT2D eigenvalue weighted by Gasteiger charge is 2.20. The molecule has 0 spiro atoms. The minimum absolute atomic E-state index is 0.294. The number of anilines is 1. The molecule has 0 atom stereocenters. The number of pyridine rings is 2. The summed E-state index contributed by atoms with van der Waals surface area (Å²) in [6, 6.07) is 8.24. The van der Waals surface area contributed by atoms with Gasteiger partial charge in [-0.05, 0) is 35.6 Å². The molecule has 3 aromatic heterocycles. The standard InChI is InChI=1S/C21H24N6/c1-4-6-17-26-19-20(27(17)23)18-15(12(2)3)9-14(10-16(18)25-21(19)22)13-7-5-8-24-11-13/h5,7-12H,4,6,23H2,1-3H3,(H2,22,25). The quantitative estimate of drug-likeness (QED) is 0.536. The molecule has 1 aromatic carbocycles. The molecule has 0 bridgehead atoms. The zero-order valence-electron chi connectivity index (χ0n) is 15.9. The Morgan fingerprint density at radius 1 is 1.15 bits per heavy atom. The van der Waals surface area contributed by atoms with E-state index in [1.54, 1.807) is 10.9 Å². The SMILES string of the molecule is CCCc1nc2c(N)nc3cc(-c4cccnc4)cc(C(C)C)c3c2n1N. The molecule has 0 saturated heterocycles. The first-order valence-corrected chi connectivity index (χ1v) is 9.31. The lowest BCUT2D eigenvalue weighted by Gasteiger charge is -2.15. The molecule has 0 unspecified atom stereocenters. The van der Waals surface area contributed by atoms with Crippen LogP contribution in [0.15, 0.2) is 36.7 Å². The van der Waals surface area contributed by atoms with Crippen LogP contribution in [-0.4, -0.2) is 19.6 Å². The molecule has 0 amide bonds. The van der Waals surface area contributed by atoms with Crippen molar-refractivity contribution in [2.24, 2.45) is 0 Å². The molecule has 0 saturated carbocycles. The summed E-state index contributed by atoms with van der Waals surface area (Å²) in [7, 11) is 0. The molecule has 0 fully saturated rings. The van der Waals surface area contributed by atoms with Crippen LogP contribution in [0.3, 0.4) is 0 Å². The highest BCUT2D eigenvalue weighted by molar-refractivity contribution is 6.09. The van der Waals surface area contributed by atoms with Gasteiger partial charge in [0.2, 0.25) is 0 Å². The molecule has 0 radical (unpaired) electrons. The van der Waals surface area contributed by atoms with Crippen LogP contribution >= 0.6 is 0 Å². The van der Waals surface area contributed by atoms with Gasteiger partial charge in [-0.1, -0.05) is 32.9 Å². The van der Waals surface area contributed by atoms with E-state index in [1.807, 2.05) is 18.3 Å². The van der Waals surface area contributed by atoms with Gasteiger partial charge >= 0.3 is 0 Å². The fraction of sp³-hybridized carbons (Fsp3) is 0.286. The maximum absolute atomic E-state index is 6.44. The molecule has 138 valence electrons. The predicted molar refractivity (Wildman–Crippen MR) is 111 cm³/mol. The molecule has 0 aliphatic heterocycles. The van der Waals surface area contributed by atoms with E-state index in [2.05, 4.69) is 47.9 Å². The molecule has 0 aliphatic rings. The van der Waals surface area contributed by atoms with Gasteiger partial charge in [-0.25, -0.2) is 14.6 Å². The van der Waals surface area contributed by atoms with Gasteiger partial charge in [0.15, 0.2) is 5.82 Å². The maximum Gasteiger partial charge on any atom is 0.152 e. The fourth-order valence-corrected chi connectivity index (χ4v) is 3.63. The second-order valence-electron chi connectivity index (χ2n) is 7.20. The van der Waals surface area contributed by atoms with Crippen molar-refractivity contribution in [3.05, 3.63) is 48.0 Å². The summed E-state index contributed by atoms with van der Waals surface area (Å²) in [6.07, 6.45) is 5.40. The van der Waals surface area contributed by atoms with E-state index in [4.69, 9.17) is 11.6 Å². The minimum atomic E-state index is 0.294. The van der Waals surface area contributed by atoms with E-state index in [0.717, 1.165) is 46.2 Å². The molecule has 27 heavy (non-hydrogen) atoms. The van der Waals surface area contributed by atoms with Crippen LogP contribution in [0.2, 0.25) is 0 Å². The number of aromatic nitrogens is 4. The smallest absolute Gasteiger partial charge is 0.152 e. The average Bonchev–Trinajstić information content (AvgIpc) is 2.99. The zero-order valence-corrected chi connectivity index (χ0v) is 15.9. The van der Waals surface area contributed by atoms with E-state index >= 15 is 0 Å². The molecule has 4 rings (SSSR count). The van der Waals surface area contributed by atoms with Crippen molar-refractivity contribution in [3.8, 4) is 11.1 Å². The number of hydrogen-bond acceptors (Lipinski definition) is 5. The molecular weight excluding hydrogens is 336 g/mol. The lowest BCUT2D eigenvalue weighted by Crippen LogP contribution is -2.13. The Morgan fingerprint density at radius 2 is 1.96 bits per heavy atom. The summed E-state index contributed by atoms with van der Waals surface area (Å²) in [5, 5.41) is 1.03. The number of imidazole rings is 1. The van der Waals surface area contributed by atoms with E-state index in [1.165, 1.54) is 5.56 Å². The number of rotatable bonds is 4. The zero-order chi connectivity index (χ0) is 19.1. The van der Waals surface area contributed by atoms with Crippen LogP contribution in [0, 0.1) is 0 Å². The van der Waals surface area contributed by atoms with E-state index in [9.17, 15) is 0 Å². The third-order valence-electron chi connectivity index (χ3n) is 4.94. The Kier molecular flexibility index (Phi) is 4.18. The minimum Gasteiger partial charge on any atom is -0.382 e. The second kappa shape index (κ2) is 6.54. The topological polar surface area (TPSA) is 95.6 Å². The lowest BCUT2D eigenvalue weighted by atomic mass is 9.93. The molecular formula is C21H24N6. The monoisotopic (exact) mass is 360 g/mol. The largest absolute Gasteiger partial charge is 0.382 e. The first-order chi connectivity index (χ1) is 13.0. The van der Waals surface area contributed by atoms with Gasteiger partial charge in [-0.15, -0.1) is 0 Å². The van der Waals surface area contributed by atoms with Crippen molar-refractivity contribution in [2.45, 2.75) is 39.5 Å². The van der Waals surface area contributed by atoms with E-state index < -0.39 is 0 Å². The van der Waals surface area contributed by atoms with Crippen LogP contribution in [0.1, 0.15) is 44.5 Å². The Labute approximate surface area is 158 Å². The summed E-state index contributed by atoms with van der Waals surface area (Å²) in [4.78, 5) is 13.6. The highest BCUT2D eigenvalue weighted by atomic mass is 15.3. The maximum atomic E-state index is 6.44. The van der Waals surface area contributed by atoms with Gasteiger partial charge in [-0.2, -0.15) is 0 Å². The van der Waals surface area contributed by atoms with Gasteiger partial charge < -0.3 is 11.6 Å². The molecule has 4 aromatic rings.